The van der Waals surface area contributed by atoms with Gasteiger partial charge >= 0.3 is 0 Å². The number of halogens is 1. The van der Waals surface area contributed by atoms with Crippen LogP contribution in [0.1, 0.15) is 13.3 Å². The highest BCUT2D eigenvalue weighted by Crippen LogP contribution is 2.03. The largest absolute Gasteiger partial charge is 0.385 e. The van der Waals surface area contributed by atoms with E-state index in [0.717, 1.165) is 58.3 Å². The maximum absolute atomic E-state index is 5.03. The van der Waals surface area contributed by atoms with Crippen molar-refractivity contribution in [3.8, 4) is 0 Å². The highest BCUT2D eigenvalue weighted by atomic mass is 127. The number of nitrogens with one attached hydrogen (secondary N) is 2. The Bertz CT molecular complexity index is 283. The Hall–Kier alpha value is -0.120. The normalized spacial score (nSPS) is 19.0. The third kappa shape index (κ3) is 8.80. The smallest absolute Gasteiger partial charge is 0.191 e. The van der Waals surface area contributed by atoms with Gasteiger partial charge in [0, 0.05) is 66.1 Å². The van der Waals surface area contributed by atoms with E-state index in [-0.39, 0.29) is 24.0 Å². The average Bonchev–Trinajstić information content (AvgIpc) is 2.47. The van der Waals surface area contributed by atoms with Gasteiger partial charge in [0.1, 0.15) is 0 Å². The van der Waals surface area contributed by atoms with Gasteiger partial charge in [-0.25, -0.2) is 0 Å². The van der Waals surface area contributed by atoms with Crippen molar-refractivity contribution in [2.45, 2.75) is 19.4 Å². The second-order valence-electron chi connectivity index (χ2n) is 5.41. The number of likely N-dealkylation sites (N-methyl/N-ethyl adjacent to an activating group) is 1. The molecule has 2 N–H and O–H groups in total. The Kier molecular flexibility index (Phi) is 12.4. The van der Waals surface area contributed by atoms with Crippen LogP contribution in [0.15, 0.2) is 4.99 Å². The molecule has 0 bridgehead atoms. The van der Waals surface area contributed by atoms with Crippen LogP contribution < -0.4 is 10.6 Å². The first-order valence-corrected chi connectivity index (χ1v) is 7.53. The van der Waals surface area contributed by atoms with Crippen LogP contribution >= 0.6 is 24.0 Å². The van der Waals surface area contributed by atoms with Crippen LogP contribution in [-0.4, -0.2) is 88.9 Å². The number of nitrogens with zero attached hydrogens (tertiary/aromatic N) is 3. The number of hydrogen-bond donors (Lipinski definition) is 2. The molecule has 6 nitrogen and oxygen atoms in total. The Balaban J connectivity index is 0.00000400. The molecule has 1 unspecified atom stereocenters. The number of guanidine groups is 1. The molecular weight excluding hydrogens is 381 g/mol. The van der Waals surface area contributed by atoms with Gasteiger partial charge in [-0.05, 0) is 20.4 Å². The molecular formula is C14H32IN5O. The summed E-state index contributed by atoms with van der Waals surface area (Å²) < 4.78 is 5.03. The van der Waals surface area contributed by atoms with E-state index < -0.39 is 0 Å². The maximum atomic E-state index is 5.03. The molecule has 126 valence electrons. The Morgan fingerprint density at radius 3 is 2.48 bits per heavy atom. The SMILES string of the molecule is CN=C(NCCCOC)NCC(C)N1CCN(C)CC1.I. The van der Waals surface area contributed by atoms with Crippen LogP contribution in [0.4, 0.5) is 0 Å². The van der Waals surface area contributed by atoms with Gasteiger partial charge in [0.05, 0.1) is 0 Å². The number of ether oxygens (including phenoxy) is 1. The van der Waals surface area contributed by atoms with Gasteiger partial charge in [0.15, 0.2) is 5.96 Å². The van der Waals surface area contributed by atoms with Crippen LogP contribution in [0.25, 0.3) is 0 Å². The van der Waals surface area contributed by atoms with E-state index in [0.29, 0.717) is 6.04 Å². The lowest BCUT2D eigenvalue weighted by Gasteiger charge is -2.36. The predicted molar refractivity (Wildman–Crippen MR) is 99.8 cm³/mol. The number of rotatable bonds is 7. The van der Waals surface area contributed by atoms with Gasteiger partial charge in [0.25, 0.3) is 0 Å². The van der Waals surface area contributed by atoms with E-state index in [1.54, 1.807) is 7.11 Å². The van der Waals surface area contributed by atoms with Gasteiger partial charge in [-0.2, -0.15) is 0 Å². The summed E-state index contributed by atoms with van der Waals surface area (Å²) in [5.41, 5.74) is 0. The number of aliphatic imine (C=N–C) groups is 1. The molecule has 0 saturated carbocycles. The molecule has 0 aromatic rings. The summed E-state index contributed by atoms with van der Waals surface area (Å²) in [6, 6.07) is 0.529. The second-order valence-corrected chi connectivity index (χ2v) is 5.41. The zero-order valence-electron chi connectivity index (χ0n) is 13.9. The summed E-state index contributed by atoms with van der Waals surface area (Å²) in [6.45, 7) is 9.49. The van der Waals surface area contributed by atoms with Crippen molar-refractivity contribution in [1.82, 2.24) is 20.4 Å². The molecule has 0 amide bonds. The lowest BCUT2D eigenvalue weighted by atomic mass is 10.2. The van der Waals surface area contributed by atoms with Crippen LogP contribution in [0.5, 0.6) is 0 Å². The zero-order chi connectivity index (χ0) is 14.8. The molecule has 0 aromatic carbocycles. The molecule has 1 fully saturated rings. The molecule has 1 atom stereocenters. The van der Waals surface area contributed by atoms with Crippen molar-refractivity contribution >= 4 is 29.9 Å². The summed E-state index contributed by atoms with van der Waals surface area (Å²) in [6.07, 6.45) is 0.991. The molecule has 0 aromatic heterocycles. The molecule has 0 radical (unpaired) electrons. The summed E-state index contributed by atoms with van der Waals surface area (Å²) in [4.78, 5) is 9.16. The standard InChI is InChI=1S/C14H31N5O.HI/c1-13(19-9-7-18(3)8-10-19)12-17-14(15-2)16-6-5-11-20-4;/h13H,5-12H2,1-4H3,(H2,15,16,17);1H. The van der Waals surface area contributed by atoms with E-state index in [1.807, 2.05) is 7.05 Å². The first-order valence-electron chi connectivity index (χ1n) is 7.53. The first-order chi connectivity index (χ1) is 9.67. The van der Waals surface area contributed by atoms with E-state index in [2.05, 4.69) is 39.4 Å². The fraction of sp³-hybridized carbons (Fsp3) is 0.929. The summed E-state index contributed by atoms with van der Waals surface area (Å²) in [5, 5.41) is 6.70. The van der Waals surface area contributed by atoms with Crippen molar-refractivity contribution in [3.05, 3.63) is 0 Å². The molecule has 1 rings (SSSR count). The summed E-state index contributed by atoms with van der Waals surface area (Å²) in [5.74, 6) is 0.877. The highest BCUT2D eigenvalue weighted by molar-refractivity contribution is 14.0. The van der Waals surface area contributed by atoms with Crippen molar-refractivity contribution < 1.29 is 4.74 Å². The summed E-state index contributed by atoms with van der Waals surface area (Å²) >= 11 is 0. The van der Waals surface area contributed by atoms with Crippen molar-refractivity contribution in [2.75, 3.05) is 67.1 Å². The number of hydrogen-bond acceptors (Lipinski definition) is 4. The van der Waals surface area contributed by atoms with Crippen molar-refractivity contribution in [1.29, 1.82) is 0 Å². The average molecular weight is 413 g/mol. The Morgan fingerprint density at radius 2 is 1.90 bits per heavy atom. The molecule has 0 aliphatic carbocycles. The molecule has 7 heteroatoms. The minimum atomic E-state index is 0. The second kappa shape index (κ2) is 12.4. The molecule has 1 aliphatic rings. The van der Waals surface area contributed by atoms with E-state index in [1.165, 1.54) is 0 Å². The minimum Gasteiger partial charge on any atom is -0.385 e. The molecule has 1 saturated heterocycles. The Morgan fingerprint density at radius 1 is 1.24 bits per heavy atom. The third-order valence-corrected chi connectivity index (χ3v) is 3.77. The van der Waals surface area contributed by atoms with Gasteiger partial charge < -0.3 is 20.3 Å². The maximum Gasteiger partial charge on any atom is 0.191 e. The minimum absolute atomic E-state index is 0. The number of methoxy groups -OCH3 is 1. The predicted octanol–water partition coefficient (Wildman–Crippen LogP) is 0.442. The van der Waals surface area contributed by atoms with Crippen LogP contribution in [0, 0.1) is 0 Å². The van der Waals surface area contributed by atoms with Gasteiger partial charge in [0.2, 0.25) is 0 Å². The highest BCUT2D eigenvalue weighted by Gasteiger charge is 2.18. The quantitative estimate of drug-likeness (QED) is 0.275. The molecule has 21 heavy (non-hydrogen) atoms. The third-order valence-electron chi connectivity index (χ3n) is 3.77. The lowest BCUT2D eigenvalue weighted by Crippen LogP contribution is -2.52. The molecule has 1 aliphatic heterocycles. The zero-order valence-corrected chi connectivity index (χ0v) is 16.2. The van der Waals surface area contributed by atoms with Crippen LogP contribution in [-0.2, 0) is 4.74 Å². The lowest BCUT2D eigenvalue weighted by molar-refractivity contribution is 0.120. The van der Waals surface area contributed by atoms with Crippen molar-refractivity contribution in [3.63, 3.8) is 0 Å². The fourth-order valence-electron chi connectivity index (χ4n) is 2.28. The molecule has 1 heterocycles. The van der Waals surface area contributed by atoms with Gasteiger partial charge in [-0.1, -0.05) is 0 Å². The van der Waals surface area contributed by atoms with E-state index >= 15 is 0 Å². The first kappa shape index (κ1) is 20.9. The van der Waals surface area contributed by atoms with Gasteiger partial charge in [-0.15, -0.1) is 24.0 Å². The molecule has 0 spiro atoms. The van der Waals surface area contributed by atoms with Crippen molar-refractivity contribution in [2.24, 2.45) is 4.99 Å². The number of piperazine rings is 1. The van der Waals surface area contributed by atoms with E-state index in [4.69, 9.17) is 4.74 Å². The van der Waals surface area contributed by atoms with Crippen LogP contribution in [0.2, 0.25) is 0 Å². The van der Waals surface area contributed by atoms with E-state index in [9.17, 15) is 0 Å². The Labute approximate surface area is 146 Å². The van der Waals surface area contributed by atoms with Crippen LogP contribution in [0.3, 0.4) is 0 Å². The monoisotopic (exact) mass is 413 g/mol. The fourth-order valence-corrected chi connectivity index (χ4v) is 2.28. The summed E-state index contributed by atoms with van der Waals surface area (Å²) in [7, 11) is 5.73. The topological polar surface area (TPSA) is 52.1 Å². The van der Waals surface area contributed by atoms with Gasteiger partial charge in [-0.3, -0.25) is 9.89 Å².